The number of amides is 2. The third-order valence-corrected chi connectivity index (χ3v) is 4.34. The molecule has 0 radical (unpaired) electrons. The van der Waals surface area contributed by atoms with Gasteiger partial charge in [0.1, 0.15) is 12.1 Å². The van der Waals surface area contributed by atoms with Crippen LogP contribution in [0.3, 0.4) is 0 Å². The Balaban J connectivity index is 2.10. The van der Waals surface area contributed by atoms with Crippen molar-refractivity contribution in [2.24, 2.45) is 0 Å². The van der Waals surface area contributed by atoms with E-state index in [1.807, 2.05) is 64.1 Å². The lowest BCUT2D eigenvalue weighted by molar-refractivity contribution is 0.139. The second-order valence-corrected chi connectivity index (χ2v) is 7.30. The van der Waals surface area contributed by atoms with Crippen molar-refractivity contribution in [3.63, 3.8) is 0 Å². The molecule has 1 heterocycles. The van der Waals surface area contributed by atoms with Gasteiger partial charge in [-0.3, -0.25) is 0 Å². The number of benzene rings is 2. The van der Waals surface area contributed by atoms with Gasteiger partial charge >= 0.3 is 6.03 Å². The zero-order valence-electron chi connectivity index (χ0n) is 15.9. The molecule has 5 heteroatoms. The van der Waals surface area contributed by atoms with Crippen LogP contribution < -0.4 is 10.9 Å². The van der Waals surface area contributed by atoms with Crippen molar-refractivity contribution in [3.05, 3.63) is 71.8 Å². The Morgan fingerprint density at radius 3 is 1.35 bits per heavy atom. The summed E-state index contributed by atoms with van der Waals surface area (Å²) in [6.07, 6.45) is 0. The van der Waals surface area contributed by atoms with Crippen molar-refractivity contribution < 1.29 is 4.79 Å². The quantitative estimate of drug-likeness (QED) is 0.825. The molecule has 26 heavy (non-hydrogen) atoms. The monoisotopic (exact) mass is 352 g/mol. The van der Waals surface area contributed by atoms with Gasteiger partial charge in [0.25, 0.3) is 0 Å². The summed E-state index contributed by atoms with van der Waals surface area (Å²) in [6, 6.07) is 20.4. The molecule has 0 aromatic heterocycles. The molecule has 138 valence electrons. The summed E-state index contributed by atoms with van der Waals surface area (Å²) in [5.74, 6) is 0. The summed E-state index contributed by atoms with van der Waals surface area (Å²) in [5.41, 5.74) is 8.90. The number of hydrogen-bond acceptors (Lipinski definition) is 3. The normalized spacial score (nSPS) is 20.5. The van der Waals surface area contributed by atoms with E-state index in [-0.39, 0.29) is 30.2 Å². The Bertz CT molecular complexity index is 656. The molecule has 0 spiro atoms. The van der Waals surface area contributed by atoms with Crippen molar-refractivity contribution in [2.75, 3.05) is 0 Å². The fourth-order valence-corrected chi connectivity index (χ4v) is 3.43. The van der Waals surface area contributed by atoms with E-state index < -0.39 is 0 Å². The highest BCUT2D eigenvalue weighted by Crippen LogP contribution is 2.43. The van der Waals surface area contributed by atoms with Crippen molar-refractivity contribution >= 4 is 6.03 Å². The Morgan fingerprint density at radius 2 is 1.04 bits per heavy atom. The number of hydrazine groups is 2. The minimum absolute atomic E-state index is 0.0601. The first-order valence-electron chi connectivity index (χ1n) is 9.23. The molecule has 0 bridgehead atoms. The summed E-state index contributed by atoms with van der Waals surface area (Å²) in [7, 11) is 0. The summed E-state index contributed by atoms with van der Waals surface area (Å²) < 4.78 is 0. The van der Waals surface area contributed by atoms with Gasteiger partial charge in [-0.15, -0.1) is 0 Å². The fourth-order valence-electron chi connectivity index (χ4n) is 3.43. The summed E-state index contributed by atoms with van der Waals surface area (Å²) >= 11 is 0. The van der Waals surface area contributed by atoms with Gasteiger partial charge in [-0.25, -0.2) is 25.7 Å². The average molecular weight is 352 g/mol. The van der Waals surface area contributed by atoms with Crippen LogP contribution in [0.25, 0.3) is 0 Å². The molecule has 2 aromatic rings. The molecule has 5 nitrogen and oxygen atoms in total. The molecular weight excluding hydrogens is 324 g/mol. The number of hydrogen-bond donors (Lipinski definition) is 2. The van der Waals surface area contributed by atoms with E-state index in [1.165, 1.54) is 0 Å². The van der Waals surface area contributed by atoms with Gasteiger partial charge < -0.3 is 0 Å². The maximum absolute atomic E-state index is 13.3. The Kier molecular flexibility index (Phi) is 5.59. The lowest BCUT2D eigenvalue weighted by atomic mass is 9.94. The minimum Gasteiger partial charge on any atom is -0.248 e. The van der Waals surface area contributed by atoms with Crippen molar-refractivity contribution in [3.8, 4) is 0 Å². The summed E-state index contributed by atoms with van der Waals surface area (Å²) in [5, 5.41) is 3.54. The highest BCUT2D eigenvalue weighted by atomic mass is 16.2. The lowest BCUT2D eigenvalue weighted by Gasteiger charge is -2.30. The molecule has 0 saturated carbocycles. The maximum atomic E-state index is 13.3. The number of rotatable bonds is 6. The lowest BCUT2D eigenvalue weighted by Crippen LogP contribution is -2.49. The molecular formula is C21H28N4O. The van der Waals surface area contributed by atoms with E-state index in [4.69, 9.17) is 0 Å². The summed E-state index contributed by atoms with van der Waals surface area (Å²) in [4.78, 5) is 13.3. The smallest absolute Gasteiger partial charge is 0.248 e. The first-order chi connectivity index (χ1) is 12.5. The van der Waals surface area contributed by atoms with Gasteiger partial charge in [0, 0.05) is 12.1 Å². The summed E-state index contributed by atoms with van der Waals surface area (Å²) in [6.45, 7) is 8.19. The molecule has 2 amide bonds. The van der Waals surface area contributed by atoms with Crippen LogP contribution in [-0.2, 0) is 0 Å². The first-order valence-corrected chi connectivity index (χ1v) is 9.23. The number of carbonyl (C=O) groups is 1. The third-order valence-electron chi connectivity index (χ3n) is 4.34. The zero-order valence-corrected chi connectivity index (χ0v) is 15.9. The number of nitrogens with one attached hydrogen (secondary N) is 2. The van der Waals surface area contributed by atoms with E-state index in [9.17, 15) is 4.79 Å². The van der Waals surface area contributed by atoms with E-state index in [2.05, 4.69) is 35.1 Å². The molecule has 1 aliphatic heterocycles. The van der Waals surface area contributed by atoms with Crippen molar-refractivity contribution in [1.82, 2.24) is 20.9 Å². The van der Waals surface area contributed by atoms with Crippen LogP contribution in [0, 0.1) is 0 Å². The molecule has 0 aliphatic carbocycles. The topological polar surface area (TPSA) is 47.6 Å². The molecule has 0 unspecified atom stereocenters. The van der Waals surface area contributed by atoms with E-state index in [0.29, 0.717) is 0 Å². The van der Waals surface area contributed by atoms with Crippen LogP contribution in [0.4, 0.5) is 4.79 Å². The van der Waals surface area contributed by atoms with Gasteiger partial charge in [0.05, 0.1) is 0 Å². The molecule has 1 saturated heterocycles. The molecule has 1 aliphatic rings. The maximum Gasteiger partial charge on any atom is 0.350 e. The second-order valence-electron chi connectivity index (χ2n) is 7.30. The van der Waals surface area contributed by atoms with Gasteiger partial charge in [0.2, 0.25) is 0 Å². The first kappa shape index (κ1) is 18.4. The molecule has 2 aromatic carbocycles. The molecule has 1 fully saturated rings. The van der Waals surface area contributed by atoms with Crippen LogP contribution in [0.2, 0.25) is 0 Å². The van der Waals surface area contributed by atoms with Gasteiger partial charge in [-0.1, -0.05) is 60.7 Å². The van der Waals surface area contributed by atoms with Gasteiger partial charge in [-0.05, 0) is 38.8 Å². The number of nitrogens with zero attached hydrogens (tertiary/aromatic N) is 2. The zero-order chi connectivity index (χ0) is 18.7. The van der Waals surface area contributed by atoms with Crippen LogP contribution in [0.1, 0.15) is 50.9 Å². The van der Waals surface area contributed by atoms with E-state index in [0.717, 1.165) is 11.1 Å². The van der Waals surface area contributed by atoms with Crippen LogP contribution in [0.15, 0.2) is 60.7 Å². The molecule has 2 N–H and O–H groups in total. The second kappa shape index (κ2) is 7.89. The molecule has 2 atom stereocenters. The van der Waals surface area contributed by atoms with Gasteiger partial charge in [-0.2, -0.15) is 0 Å². The van der Waals surface area contributed by atoms with Crippen LogP contribution in [0.5, 0.6) is 0 Å². The standard InChI is InChI=1S/C21H28N4O/c1-15(2)22-24-19(17-11-7-5-8-12-17)20(18-13-9-6-10-14-18)25(21(24)26)23-16(3)4/h5-16,19-20,22-23H,1-4H3/t19-,20-/m1/s1. The fraction of sp³-hybridized carbons (Fsp3) is 0.381. The Labute approximate surface area is 155 Å². The number of carbonyl (C=O) groups excluding carboxylic acids is 1. The highest BCUT2D eigenvalue weighted by molar-refractivity contribution is 5.78. The minimum atomic E-state index is -0.125. The van der Waals surface area contributed by atoms with Crippen LogP contribution >= 0.6 is 0 Å². The highest BCUT2D eigenvalue weighted by Gasteiger charge is 2.48. The third kappa shape index (κ3) is 3.74. The Hall–Kier alpha value is -2.37. The van der Waals surface area contributed by atoms with E-state index >= 15 is 0 Å². The largest absolute Gasteiger partial charge is 0.350 e. The Morgan fingerprint density at radius 1 is 0.692 bits per heavy atom. The van der Waals surface area contributed by atoms with Crippen LogP contribution in [-0.4, -0.2) is 28.1 Å². The van der Waals surface area contributed by atoms with Crippen molar-refractivity contribution in [2.45, 2.75) is 51.9 Å². The van der Waals surface area contributed by atoms with E-state index in [1.54, 1.807) is 10.0 Å². The predicted octanol–water partition coefficient (Wildman–Crippen LogP) is 4.03. The average Bonchev–Trinajstić information content (AvgIpc) is 2.88. The predicted molar refractivity (Wildman–Crippen MR) is 104 cm³/mol. The van der Waals surface area contributed by atoms with Crippen molar-refractivity contribution in [1.29, 1.82) is 0 Å². The van der Waals surface area contributed by atoms with Gasteiger partial charge in [0.15, 0.2) is 0 Å². The SMILES string of the molecule is CC(C)NN1C(=O)N(NC(C)C)[C@H](c2ccccc2)[C@H]1c1ccccc1. The molecule has 3 rings (SSSR count). The number of urea groups is 1.